The molecule has 1 aliphatic rings. The van der Waals surface area contributed by atoms with Gasteiger partial charge in [0.15, 0.2) is 0 Å². The van der Waals surface area contributed by atoms with E-state index in [1.165, 1.54) is 12.8 Å². The van der Waals surface area contributed by atoms with E-state index in [1.54, 1.807) is 0 Å². The molecule has 0 unspecified atom stereocenters. The SMILES string of the molecule is CCCCC(=C=C1CCCC[C@H]1O)C#C[Si](C)(C)C. The summed E-state index contributed by atoms with van der Waals surface area (Å²) in [5.74, 6) is 3.35. The molecule has 1 fully saturated rings. The molecule has 1 atom stereocenters. The highest BCUT2D eigenvalue weighted by atomic mass is 28.3. The minimum Gasteiger partial charge on any atom is -0.388 e. The van der Waals surface area contributed by atoms with Gasteiger partial charge in [0.25, 0.3) is 0 Å². The van der Waals surface area contributed by atoms with E-state index in [-0.39, 0.29) is 6.10 Å². The summed E-state index contributed by atoms with van der Waals surface area (Å²) in [6.45, 7) is 8.99. The fourth-order valence-electron chi connectivity index (χ4n) is 2.11. The molecule has 1 N–H and O–H groups in total. The lowest BCUT2D eigenvalue weighted by atomic mass is 9.92. The van der Waals surface area contributed by atoms with Crippen molar-refractivity contribution in [2.45, 2.75) is 77.6 Å². The van der Waals surface area contributed by atoms with Gasteiger partial charge >= 0.3 is 0 Å². The molecular formula is C17H28OSi. The summed E-state index contributed by atoms with van der Waals surface area (Å²) < 4.78 is 0. The summed E-state index contributed by atoms with van der Waals surface area (Å²) in [6, 6.07) is 0. The highest BCUT2D eigenvalue weighted by molar-refractivity contribution is 6.83. The smallest absolute Gasteiger partial charge is 0.129 e. The van der Waals surface area contributed by atoms with Crippen molar-refractivity contribution in [3.05, 3.63) is 16.9 Å². The van der Waals surface area contributed by atoms with Crippen LogP contribution in [0.25, 0.3) is 0 Å². The maximum absolute atomic E-state index is 10.0. The summed E-state index contributed by atoms with van der Waals surface area (Å²) >= 11 is 0. The van der Waals surface area contributed by atoms with Crippen LogP contribution in [0.4, 0.5) is 0 Å². The van der Waals surface area contributed by atoms with Crippen molar-refractivity contribution in [3.63, 3.8) is 0 Å². The van der Waals surface area contributed by atoms with Gasteiger partial charge in [0, 0.05) is 11.1 Å². The second-order valence-corrected chi connectivity index (χ2v) is 11.2. The Hall–Kier alpha value is -0.743. The van der Waals surface area contributed by atoms with Crippen LogP contribution in [-0.4, -0.2) is 19.3 Å². The highest BCUT2D eigenvalue weighted by Crippen LogP contribution is 2.23. The Balaban J connectivity index is 2.99. The minimum absolute atomic E-state index is 0.279. The van der Waals surface area contributed by atoms with Crippen LogP contribution in [0.1, 0.15) is 51.9 Å². The van der Waals surface area contributed by atoms with E-state index in [4.69, 9.17) is 0 Å². The van der Waals surface area contributed by atoms with Gasteiger partial charge < -0.3 is 5.11 Å². The second-order valence-electron chi connectivity index (χ2n) is 6.49. The van der Waals surface area contributed by atoms with E-state index in [1.807, 2.05) is 0 Å². The molecule has 0 heterocycles. The van der Waals surface area contributed by atoms with Gasteiger partial charge in [-0.25, -0.2) is 0 Å². The van der Waals surface area contributed by atoms with E-state index < -0.39 is 8.07 Å². The number of aliphatic hydroxyl groups is 1. The third kappa shape index (κ3) is 6.83. The van der Waals surface area contributed by atoms with Crippen LogP contribution < -0.4 is 0 Å². The van der Waals surface area contributed by atoms with Gasteiger partial charge in [0.2, 0.25) is 0 Å². The summed E-state index contributed by atoms with van der Waals surface area (Å²) in [4.78, 5) is 0. The first-order valence-electron chi connectivity index (χ1n) is 7.62. The molecule has 2 heteroatoms. The number of unbranched alkanes of at least 4 members (excludes halogenated alkanes) is 1. The number of rotatable bonds is 3. The first-order chi connectivity index (χ1) is 8.92. The van der Waals surface area contributed by atoms with Gasteiger partial charge in [-0.1, -0.05) is 45.3 Å². The minimum atomic E-state index is -1.34. The summed E-state index contributed by atoms with van der Waals surface area (Å²) in [7, 11) is -1.34. The summed E-state index contributed by atoms with van der Waals surface area (Å²) in [5.41, 5.74) is 9.07. The molecule has 0 aromatic carbocycles. The summed E-state index contributed by atoms with van der Waals surface area (Å²) in [6.07, 6.45) is 7.27. The first kappa shape index (κ1) is 16.3. The van der Waals surface area contributed by atoms with Gasteiger partial charge in [-0.15, -0.1) is 11.3 Å². The zero-order valence-corrected chi connectivity index (χ0v) is 14.0. The Labute approximate surface area is 119 Å². The zero-order valence-electron chi connectivity index (χ0n) is 13.0. The largest absolute Gasteiger partial charge is 0.388 e. The Kier molecular flexibility index (Phi) is 6.65. The van der Waals surface area contributed by atoms with Gasteiger partial charge in [-0.3, -0.25) is 0 Å². The van der Waals surface area contributed by atoms with Gasteiger partial charge in [-0.2, -0.15) is 0 Å². The lowest BCUT2D eigenvalue weighted by Crippen LogP contribution is -2.16. The summed E-state index contributed by atoms with van der Waals surface area (Å²) in [5, 5.41) is 10.0. The molecular weight excluding hydrogens is 248 g/mol. The molecule has 1 rings (SSSR count). The van der Waals surface area contributed by atoms with Crippen LogP contribution in [-0.2, 0) is 0 Å². The maximum atomic E-state index is 10.0. The number of hydrogen-bond donors (Lipinski definition) is 1. The monoisotopic (exact) mass is 276 g/mol. The molecule has 0 aromatic heterocycles. The van der Waals surface area contributed by atoms with Crippen molar-refractivity contribution in [2.75, 3.05) is 0 Å². The van der Waals surface area contributed by atoms with Crippen LogP contribution in [0.15, 0.2) is 16.9 Å². The van der Waals surface area contributed by atoms with E-state index in [0.717, 1.165) is 43.3 Å². The van der Waals surface area contributed by atoms with Crippen LogP contribution in [0, 0.1) is 11.5 Å². The highest BCUT2D eigenvalue weighted by Gasteiger charge is 2.15. The van der Waals surface area contributed by atoms with Gasteiger partial charge in [-0.05, 0) is 32.1 Å². The lowest BCUT2D eigenvalue weighted by Gasteiger charge is -2.18. The standard InChI is InChI=1S/C17H28OSi/c1-5-6-9-15(12-13-19(2,3)4)14-16-10-7-8-11-17(16)18/h17-18H,5-11H2,1-4H3/t14?,17-/m1/s1. The van der Waals surface area contributed by atoms with E-state index in [9.17, 15) is 5.11 Å². The lowest BCUT2D eigenvalue weighted by molar-refractivity contribution is 0.179. The van der Waals surface area contributed by atoms with Crippen molar-refractivity contribution in [1.82, 2.24) is 0 Å². The van der Waals surface area contributed by atoms with Crippen molar-refractivity contribution >= 4 is 8.07 Å². The van der Waals surface area contributed by atoms with E-state index in [0.29, 0.717) is 0 Å². The molecule has 0 spiro atoms. The molecule has 106 valence electrons. The third-order valence-electron chi connectivity index (χ3n) is 3.26. The predicted molar refractivity (Wildman–Crippen MR) is 85.7 cm³/mol. The molecule has 1 nitrogen and oxygen atoms in total. The zero-order chi connectivity index (χ0) is 14.3. The molecule has 0 aromatic rings. The molecule has 1 aliphatic carbocycles. The van der Waals surface area contributed by atoms with Crippen LogP contribution in [0.5, 0.6) is 0 Å². The van der Waals surface area contributed by atoms with E-state index in [2.05, 4.69) is 43.8 Å². The van der Waals surface area contributed by atoms with Crippen molar-refractivity contribution in [1.29, 1.82) is 0 Å². The van der Waals surface area contributed by atoms with Crippen molar-refractivity contribution < 1.29 is 5.11 Å². The van der Waals surface area contributed by atoms with Gasteiger partial charge in [0.1, 0.15) is 8.07 Å². The topological polar surface area (TPSA) is 20.2 Å². The fraction of sp³-hybridized carbons (Fsp3) is 0.706. The molecule has 0 amide bonds. The quantitative estimate of drug-likeness (QED) is 0.459. The number of hydrogen-bond acceptors (Lipinski definition) is 1. The first-order valence-corrected chi connectivity index (χ1v) is 11.1. The van der Waals surface area contributed by atoms with Crippen LogP contribution in [0.3, 0.4) is 0 Å². The van der Waals surface area contributed by atoms with Crippen LogP contribution in [0.2, 0.25) is 19.6 Å². The molecule has 0 bridgehead atoms. The average Bonchev–Trinajstić information content (AvgIpc) is 2.34. The molecule has 0 saturated heterocycles. The second kappa shape index (κ2) is 7.75. The van der Waals surface area contributed by atoms with Crippen molar-refractivity contribution in [3.8, 4) is 11.5 Å². The Morgan fingerprint density at radius 1 is 1.32 bits per heavy atom. The van der Waals surface area contributed by atoms with Crippen molar-refractivity contribution in [2.24, 2.45) is 0 Å². The maximum Gasteiger partial charge on any atom is 0.129 e. The van der Waals surface area contributed by atoms with E-state index >= 15 is 0 Å². The normalized spacial score (nSPS) is 19.4. The Morgan fingerprint density at radius 3 is 2.63 bits per heavy atom. The Bertz CT molecular complexity index is 411. The molecule has 0 radical (unpaired) electrons. The fourth-order valence-corrected chi connectivity index (χ4v) is 2.63. The molecule has 19 heavy (non-hydrogen) atoms. The van der Waals surface area contributed by atoms with Gasteiger partial charge in [0.05, 0.1) is 6.10 Å². The molecule has 1 saturated carbocycles. The Morgan fingerprint density at radius 2 is 2.05 bits per heavy atom. The average molecular weight is 276 g/mol. The predicted octanol–water partition coefficient (Wildman–Crippen LogP) is 4.44. The third-order valence-corrected chi connectivity index (χ3v) is 4.13. The van der Waals surface area contributed by atoms with Crippen LogP contribution >= 0.6 is 0 Å². The number of aliphatic hydroxyl groups excluding tert-OH is 1. The molecule has 0 aliphatic heterocycles.